The zero-order valence-corrected chi connectivity index (χ0v) is 11.1. The summed E-state index contributed by atoms with van der Waals surface area (Å²) < 4.78 is 0. The molecule has 1 aromatic carbocycles. The van der Waals surface area contributed by atoms with Gasteiger partial charge in [0.2, 0.25) is 0 Å². The fraction of sp³-hybridized carbons (Fsp3) is 0.467. The lowest BCUT2D eigenvalue weighted by Crippen LogP contribution is -1.93. The SMILES string of the molecule is C=CCCCCCCCPc1ccccc1. The van der Waals surface area contributed by atoms with Crippen LogP contribution in [0.3, 0.4) is 0 Å². The second kappa shape index (κ2) is 9.60. The van der Waals surface area contributed by atoms with Crippen LogP contribution in [-0.4, -0.2) is 6.16 Å². The predicted octanol–water partition coefficient (Wildman–Crippen LogP) is 4.52. The number of allylic oxidation sites excluding steroid dienone is 1. The topological polar surface area (TPSA) is 0 Å². The second-order valence-corrected chi connectivity index (χ2v) is 5.57. The van der Waals surface area contributed by atoms with E-state index in [2.05, 4.69) is 36.9 Å². The second-order valence-electron chi connectivity index (χ2n) is 4.14. The van der Waals surface area contributed by atoms with E-state index in [9.17, 15) is 0 Å². The van der Waals surface area contributed by atoms with Crippen LogP contribution in [0.2, 0.25) is 0 Å². The lowest BCUT2D eigenvalue weighted by Gasteiger charge is -2.02. The van der Waals surface area contributed by atoms with Crippen LogP contribution in [-0.2, 0) is 0 Å². The molecule has 0 aliphatic carbocycles. The van der Waals surface area contributed by atoms with E-state index in [1.807, 2.05) is 6.08 Å². The van der Waals surface area contributed by atoms with Crippen molar-refractivity contribution in [2.45, 2.75) is 38.5 Å². The normalized spacial score (nSPS) is 11.0. The van der Waals surface area contributed by atoms with Gasteiger partial charge in [0, 0.05) is 0 Å². The van der Waals surface area contributed by atoms with E-state index >= 15 is 0 Å². The first-order valence-electron chi connectivity index (χ1n) is 6.33. The molecule has 1 heteroatoms. The van der Waals surface area contributed by atoms with Gasteiger partial charge in [-0.2, -0.15) is 0 Å². The molecule has 0 fully saturated rings. The summed E-state index contributed by atoms with van der Waals surface area (Å²) in [5, 5.41) is 1.51. The van der Waals surface area contributed by atoms with Crippen LogP contribution in [0.5, 0.6) is 0 Å². The fourth-order valence-corrected chi connectivity index (χ4v) is 2.88. The lowest BCUT2D eigenvalue weighted by molar-refractivity contribution is 0.640. The highest BCUT2D eigenvalue weighted by atomic mass is 31.1. The molecule has 0 aliphatic heterocycles. The minimum Gasteiger partial charge on any atom is -0.103 e. The maximum atomic E-state index is 3.74. The summed E-state index contributed by atoms with van der Waals surface area (Å²) in [6.07, 6.45) is 11.5. The van der Waals surface area contributed by atoms with Gasteiger partial charge in [-0.15, -0.1) is 6.58 Å². The molecule has 0 saturated heterocycles. The molecule has 0 aliphatic rings. The molecule has 88 valence electrons. The maximum Gasteiger partial charge on any atom is -0.0271 e. The molecular weight excluding hydrogens is 211 g/mol. The third kappa shape index (κ3) is 6.80. The fourth-order valence-electron chi connectivity index (χ4n) is 1.73. The van der Waals surface area contributed by atoms with E-state index in [0.717, 1.165) is 8.58 Å². The van der Waals surface area contributed by atoms with Gasteiger partial charge in [0.1, 0.15) is 0 Å². The molecule has 1 rings (SSSR count). The molecule has 0 aromatic heterocycles. The summed E-state index contributed by atoms with van der Waals surface area (Å²) in [7, 11) is 1.00. The van der Waals surface area contributed by atoms with Gasteiger partial charge < -0.3 is 0 Å². The van der Waals surface area contributed by atoms with Crippen molar-refractivity contribution < 1.29 is 0 Å². The monoisotopic (exact) mass is 234 g/mol. The van der Waals surface area contributed by atoms with Gasteiger partial charge in [-0.3, -0.25) is 0 Å². The lowest BCUT2D eigenvalue weighted by atomic mass is 10.1. The number of rotatable bonds is 9. The summed E-state index contributed by atoms with van der Waals surface area (Å²) in [6, 6.07) is 10.8. The molecule has 0 nitrogen and oxygen atoms in total. The Morgan fingerprint density at radius 3 is 2.38 bits per heavy atom. The molecule has 1 unspecified atom stereocenters. The van der Waals surface area contributed by atoms with E-state index in [1.54, 1.807) is 0 Å². The smallest absolute Gasteiger partial charge is 0.0271 e. The first-order chi connectivity index (χ1) is 7.93. The van der Waals surface area contributed by atoms with Crippen molar-refractivity contribution in [1.29, 1.82) is 0 Å². The molecule has 0 radical (unpaired) electrons. The highest BCUT2D eigenvalue weighted by molar-refractivity contribution is 7.47. The van der Waals surface area contributed by atoms with Crippen LogP contribution in [0.1, 0.15) is 38.5 Å². The Balaban J connectivity index is 1.90. The Morgan fingerprint density at radius 1 is 0.938 bits per heavy atom. The van der Waals surface area contributed by atoms with Gasteiger partial charge in [0.15, 0.2) is 0 Å². The third-order valence-corrected chi connectivity index (χ3v) is 4.03. The Labute approximate surface area is 102 Å². The van der Waals surface area contributed by atoms with Crippen LogP contribution >= 0.6 is 8.58 Å². The van der Waals surface area contributed by atoms with Crippen molar-refractivity contribution in [3.05, 3.63) is 43.0 Å². The van der Waals surface area contributed by atoms with Gasteiger partial charge >= 0.3 is 0 Å². The molecule has 0 amide bonds. The summed E-state index contributed by atoms with van der Waals surface area (Å²) in [5.41, 5.74) is 0. The zero-order valence-electron chi connectivity index (χ0n) is 10.1. The number of hydrogen-bond donors (Lipinski definition) is 0. The van der Waals surface area contributed by atoms with Gasteiger partial charge in [-0.25, -0.2) is 0 Å². The molecule has 0 N–H and O–H groups in total. The van der Waals surface area contributed by atoms with Crippen molar-refractivity contribution >= 4 is 13.9 Å². The van der Waals surface area contributed by atoms with Gasteiger partial charge in [-0.1, -0.05) is 64.3 Å². The van der Waals surface area contributed by atoms with E-state index in [-0.39, 0.29) is 0 Å². The van der Waals surface area contributed by atoms with Crippen LogP contribution in [0.25, 0.3) is 0 Å². The first kappa shape index (κ1) is 13.5. The Morgan fingerprint density at radius 2 is 1.62 bits per heavy atom. The molecular formula is C15H23P. The van der Waals surface area contributed by atoms with Crippen LogP contribution < -0.4 is 5.30 Å². The van der Waals surface area contributed by atoms with Crippen LogP contribution in [0, 0.1) is 0 Å². The molecule has 1 atom stereocenters. The van der Waals surface area contributed by atoms with Crippen LogP contribution in [0.15, 0.2) is 43.0 Å². The molecule has 0 saturated carbocycles. The average Bonchev–Trinajstić information content (AvgIpc) is 2.34. The minimum atomic E-state index is 1.00. The predicted molar refractivity (Wildman–Crippen MR) is 77.2 cm³/mol. The van der Waals surface area contributed by atoms with Gasteiger partial charge in [0.25, 0.3) is 0 Å². The quantitative estimate of drug-likeness (QED) is 0.335. The largest absolute Gasteiger partial charge is 0.103 e. The molecule has 0 bridgehead atoms. The molecule has 0 spiro atoms. The standard InChI is InChI=1S/C15H23P/c1-2-3-4-5-6-7-11-14-16-15-12-9-8-10-13-15/h2,8-10,12-13,16H,1,3-7,11,14H2. The van der Waals surface area contributed by atoms with Crippen molar-refractivity contribution in [2.75, 3.05) is 6.16 Å². The third-order valence-electron chi connectivity index (χ3n) is 2.69. The minimum absolute atomic E-state index is 1.00. The number of hydrogen-bond acceptors (Lipinski definition) is 0. The van der Waals surface area contributed by atoms with Gasteiger partial charge in [-0.05, 0) is 30.7 Å². The average molecular weight is 234 g/mol. The summed E-state index contributed by atoms with van der Waals surface area (Å²) in [6.45, 7) is 3.74. The van der Waals surface area contributed by atoms with Gasteiger partial charge in [0.05, 0.1) is 0 Å². The molecule has 0 heterocycles. The van der Waals surface area contributed by atoms with E-state index in [1.165, 1.54) is 50.0 Å². The molecule has 16 heavy (non-hydrogen) atoms. The maximum absolute atomic E-state index is 3.74. The molecule has 1 aromatic rings. The van der Waals surface area contributed by atoms with Crippen molar-refractivity contribution in [3.8, 4) is 0 Å². The van der Waals surface area contributed by atoms with Crippen molar-refractivity contribution in [1.82, 2.24) is 0 Å². The van der Waals surface area contributed by atoms with E-state index < -0.39 is 0 Å². The summed E-state index contributed by atoms with van der Waals surface area (Å²) in [4.78, 5) is 0. The zero-order chi connectivity index (χ0) is 11.5. The Hall–Kier alpha value is -0.610. The summed E-state index contributed by atoms with van der Waals surface area (Å²) >= 11 is 0. The highest BCUT2D eigenvalue weighted by Gasteiger charge is 1.92. The van der Waals surface area contributed by atoms with Crippen LogP contribution in [0.4, 0.5) is 0 Å². The Bertz CT molecular complexity index is 266. The number of benzene rings is 1. The van der Waals surface area contributed by atoms with Crippen molar-refractivity contribution in [2.24, 2.45) is 0 Å². The van der Waals surface area contributed by atoms with Crippen molar-refractivity contribution in [3.63, 3.8) is 0 Å². The first-order valence-corrected chi connectivity index (χ1v) is 7.54. The summed E-state index contributed by atoms with van der Waals surface area (Å²) in [5.74, 6) is 0. The van der Waals surface area contributed by atoms with E-state index in [4.69, 9.17) is 0 Å². The highest BCUT2D eigenvalue weighted by Crippen LogP contribution is 2.14. The van der Waals surface area contributed by atoms with E-state index in [0.29, 0.717) is 0 Å². The Kier molecular flexibility index (Phi) is 8.08. The number of unbranched alkanes of at least 4 members (excludes halogenated alkanes) is 5.